The third-order valence-corrected chi connectivity index (χ3v) is 24.3. The van der Waals surface area contributed by atoms with Crippen molar-refractivity contribution in [1.82, 2.24) is 60.8 Å². The van der Waals surface area contributed by atoms with E-state index in [4.69, 9.17) is 46.6 Å². The first-order valence-electron chi connectivity index (χ1n) is 43.0. The van der Waals surface area contributed by atoms with Crippen LogP contribution in [0.15, 0.2) is 151 Å². The molecule has 5 aromatic carbocycles. The van der Waals surface area contributed by atoms with Crippen molar-refractivity contribution >= 4 is 108 Å². The van der Waals surface area contributed by atoms with Crippen LogP contribution in [0.1, 0.15) is 272 Å². The number of nitrogens with two attached hydrogens (primary N) is 2. The van der Waals surface area contributed by atoms with Gasteiger partial charge in [-0.3, -0.25) is 15.0 Å². The Hall–Kier alpha value is -9.68. The van der Waals surface area contributed by atoms with Gasteiger partial charge in [0.2, 0.25) is 0 Å². The smallest absolute Gasteiger partial charge is 0.444 e. The SMILES string of the molecule is CC(C)(C)OC(=O)NC1CCCCc2cc(-c3ccnc4[nH]c(=O)[nH]c34)ccc21.CC(C)(C)OC(=O)NC1CCCCc2cc(B3OC(C)(C)C(C)(C)O3)ccc21.CC(C)(C)OC(=O)NC1CCCCc2cc(Br)ccc21.NC1CCCCc2cc(-c3ccnc4[nH]c(=O)[nH]c34)ccc21.NC1CCCCc2cc(Br)ccc21.O=c1[nH]c2nccc(Cl)c2[nH]1. The molecule has 654 valence electrons. The number of nitrogens with one attached hydrogen (secondary N) is 9. The maximum atomic E-state index is 12.3. The van der Waals surface area contributed by atoms with E-state index in [1.165, 1.54) is 92.8 Å². The van der Waals surface area contributed by atoms with E-state index in [1.54, 1.807) is 18.5 Å². The van der Waals surface area contributed by atoms with E-state index in [0.717, 1.165) is 140 Å². The third kappa shape index (κ3) is 24.9. The zero-order chi connectivity index (χ0) is 88.3. The molecule has 11 aromatic rings. The van der Waals surface area contributed by atoms with Gasteiger partial charge in [-0.15, -0.1) is 0 Å². The minimum absolute atomic E-state index is 0.0281. The van der Waals surface area contributed by atoms with Gasteiger partial charge < -0.3 is 65.9 Å². The van der Waals surface area contributed by atoms with Crippen LogP contribution in [0.4, 0.5) is 14.4 Å². The van der Waals surface area contributed by atoms with Crippen LogP contribution in [-0.4, -0.2) is 98.3 Å². The molecule has 5 unspecified atom stereocenters. The van der Waals surface area contributed by atoms with Crippen molar-refractivity contribution in [2.45, 2.75) is 277 Å². The number of H-pyrrole nitrogens is 6. The number of carbonyl (C=O) groups excluding carboxylic acids is 3. The zero-order valence-corrected chi connectivity index (χ0v) is 76.8. The van der Waals surface area contributed by atoms with Gasteiger partial charge in [0, 0.05) is 50.7 Å². The normalized spacial score (nSPS) is 19.0. The molecular weight excluding hydrogens is 1710 g/mol. The van der Waals surface area contributed by atoms with Gasteiger partial charge in [0.25, 0.3) is 0 Å². The predicted molar refractivity (Wildman–Crippen MR) is 494 cm³/mol. The number of pyridine rings is 3. The number of aromatic amines is 6. The fourth-order valence-electron chi connectivity index (χ4n) is 16.5. The molecule has 17 rings (SSSR count). The first kappa shape index (κ1) is 92.5. The molecule has 123 heavy (non-hydrogen) atoms. The highest BCUT2D eigenvalue weighted by Crippen LogP contribution is 2.40. The number of hydrogen-bond donors (Lipinski definition) is 11. The van der Waals surface area contributed by atoms with Crippen molar-refractivity contribution in [2.24, 2.45) is 11.5 Å². The first-order valence-corrected chi connectivity index (χ1v) is 44.9. The van der Waals surface area contributed by atoms with Crippen LogP contribution in [0.3, 0.4) is 0 Å². The van der Waals surface area contributed by atoms with E-state index in [-0.39, 0.29) is 83.9 Å². The van der Waals surface area contributed by atoms with Crippen LogP contribution in [0, 0.1) is 0 Å². The first-order chi connectivity index (χ1) is 58.3. The molecule has 7 heterocycles. The molecule has 6 aliphatic rings. The van der Waals surface area contributed by atoms with Crippen LogP contribution in [0.2, 0.25) is 5.02 Å². The van der Waals surface area contributed by atoms with Crippen LogP contribution in [0.5, 0.6) is 0 Å². The molecule has 6 aromatic heterocycles. The van der Waals surface area contributed by atoms with Crippen molar-refractivity contribution in [1.29, 1.82) is 0 Å². The highest BCUT2D eigenvalue weighted by molar-refractivity contribution is 9.10. The number of carbonyl (C=O) groups is 3. The largest absolute Gasteiger partial charge is 0.494 e. The number of ether oxygens (including phenoxy) is 3. The quantitative estimate of drug-likeness (QED) is 0.0418. The van der Waals surface area contributed by atoms with E-state index in [2.05, 4.69) is 199 Å². The summed E-state index contributed by atoms with van der Waals surface area (Å²) < 4.78 is 30.9. The Balaban J connectivity index is 0.000000138. The van der Waals surface area contributed by atoms with Crippen LogP contribution >= 0.6 is 43.5 Å². The Morgan fingerprint density at radius 2 is 0.740 bits per heavy atom. The second kappa shape index (κ2) is 40.1. The van der Waals surface area contributed by atoms with Gasteiger partial charge in [-0.05, 0) is 301 Å². The number of imidazole rings is 3. The average molecular weight is 1830 g/mol. The molecule has 0 saturated carbocycles. The maximum absolute atomic E-state index is 12.3. The number of hydrogen-bond acceptors (Lipinski definition) is 16. The summed E-state index contributed by atoms with van der Waals surface area (Å²) in [5, 5.41) is 9.61. The van der Waals surface area contributed by atoms with Gasteiger partial charge in [-0.25, -0.2) is 43.7 Å². The number of aryl methyl sites for hydroxylation is 5. The minimum atomic E-state index is -0.526. The van der Waals surface area contributed by atoms with Crippen LogP contribution in [0.25, 0.3) is 55.7 Å². The molecule has 3 amide bonds. The monoisotopic (exact) mass is 1820 g/mol. The van der Waals surface area contributed by atoms with Crippen LogP contribution < -0.4 is 49.9 Å². The standard InChI is InChI=1S/C22H34BNO4.C22H26N4O3.C17H18N4O.C16H22BrNO2.C11H14BrN.C6H4ClN3O/c1-20(2,3)26-19(25)24-18-11-9-8-10-15-14-16(12-13-17(15)18)23-27-21(4,5)22(6,7)28-23;1-22(2,3)29-21(28)24-17-7-5-4-6-13-12-14(8-9-15(13)17)16-10-11-23-19-18(16)25-20(27)26-19;18-14-4-2-1-3-10-9-11(5-6-12(10)14)13-7-8-19-16-15(13)20-17(22)21-16;1-16(2,3)20-15(19)18-14-7-5-4-6-11-10-12(17)8-9-13(11)14;12-9-5-6-10-8(7-9)3-1-2-4-11(10)13;7-3-1-2-8-5-4(3)9-6(11)10-5/h12-14,18H,8-11H2,1-7H3,(H,24,25);8-12,17H,4-7H2,1-3H3,(H,24,28)(H2,23,25,26,27);5-9,14H,1-4,18H2,(H2,19,20,21,22);8-10,14H,4-7H2,1-3H3,(H,18,19);5-7,11H,1-4,13H2;1-2H,(H2,8,9,10,11). The van der Waals surface area contributed by atoms with Crippen LogP contribution in [-0.2, 0) is 55.6 Å². The molecule has 1 aliphatic heterocycles. The fourth-order valence-corrected chi connectivity index (χ4v) is 17.5. The molecule has 13 N–H and O–H groups in total. The lowest BCUT2D eigenvalue weighted by Crippen LogP contribution is -2.41. The Kier molecular flexibility index (Phi) is 30.2. The van der Waals surface area contributed by atoms with E-state index >= 15 is 0 Å². The third-order valence-electron chi connectivity index (χ3n) is 23.0. The second-order valence-corrected chi connectivity index (χ2v) is 38.8. The maximum Gasteiger partial charge on any atom is 0.494 e. The number of rotatable bonds is 6. The van der Waals surface area contributed by atoms with E-state index in [9.17, 15) is 28.8 Å². The molecule has 0 radical (unpaired) electrons. The fraction of sp³-hybridized carbons (Fsp3) is 0.457. The summed E-state index contributed by atoms with van der Waals surface area (Å²) >= 11 is 12.7. The Labute approximate surface area is 740 Å². The molecule has 5 aliphatic carbocycles. The lowest BCUT2D eigenvalue weighted by atomic mass is 9.77. The minimum Gasteiger partial charge on any atom is -0.444 e. The van der Waals surface area contributed by atoms with Crippen molar-refractivity contribution < 1.29 is 37.9 Å². The molecular formula is C94H118BBr2ClN14O11. The van der Waals surface area contributed by atoms with Crippen molar-refractivity contribution in [3.63, 3.8) is 0 Å². The Morgan fingerprint density at radius 3 is 1.14 bits per heavy atom. The lowest BCUT2D eigenvalue weighted by Gasteiger charge is -2.32. The number of nitrogens with zero attached hydrogens (tertiary/aromatic N) is 3. The number of aromatic nitrogens is 9. The molecule has 1 fully saturated rings. The number of benzene rings is 5. The molecule has 5 atom stereocenters. The summed E-state index contributed by atoms with van der Waals surface area (Å²) in [6.07, 6.45) is 25.5. The number of fused-ring (bicyclic) bond motifs is 8. The predicted octanol–water partition coefficient (Wildman–Crippen LogP) is 20.0. The Morgan fingerprint density at radius 1 is 0.423 bits per heavy atom. The molecule has 0 bridgehead atoms. The average Bonchev–Trinajstić information content (AvgIpc) is 1.55. The Bertz CT molecular complexity index is 5720. The second-order valence-electron chi connectivity index (χ2n) is 36.5. The topological polar surface area (TPSA) is 370 Å². The van der Waals surface area contributed by atoms with Gasteiger partial charge in [0.15, 0.2) is 16.9 Å². The van der Waals surface area contributed by atoms with Gasteiger partial charge in [0.1, 0.15) is 22.3 Å². The number of halogens is 3. The summed E-state index contributed by atoms with van der Waals surface area (Å²) in [6.45, 7) is 25.1. The van der Waals surface area contributed by atoms with E-state index < -0.39 is 16.8 Å². The van der Waals surface area contributed by atoms with Gasteiger partial charge in [0.05, 0.1) is 45.4 Å². The summed E-state index contributed by atoms with van der Waals surface area (Å²) in [5.74, 6) is 0. The molecule has 1 saturated heterocycles. The van der Waals surface area contributed by atoms with Gasteiger partial charge in [-0.1, -0.05) is 142 Å². The summed E-state index contributed by atoms with van der Waals surface area (Å²) in [7, 11) is -0.365. The number of alkyl carbamates (subject to hydrolysis) is 3. The number of amides is 3. The van der Waals surface area contributed by atoms with E-state index in [1.807, 2.05) is 86.6 Å². The highest BCUT2D eigenvalue weighted by Gasteiger charge is 2.52. The van der Waals surface area contributed by atoms with Gasteiger partial charge >= 0.3 is 42.5 Å². The zero-order valence-electron chi connectivity index (χ0n) is 72.9. The lowest BCUT2D eigenvalue weighted by molar-refractivity contribution is 0.00578. The summed E-state index contributed by atoms with van der Waals surface area (Å²) in [5.41, 5.74) is 30.7. The molecule has 25 nitrogen and oxygen atoms in total. The summed E-state index contributed by atoms with van der Waals surface area (Å²) in [6, 6.07) is 37.6. The molecule has 29 heteroatoms. The van der Waals surface area contributed by atoms with E-state index in [0.29, 0.717) is 33.0 Å². The van der Waals surface area contributed by atoms with Crippen molar-refractivity contribution in [2.75, 3.05) is 0 Å². The van der Waals surface area contributed by atoms with Crippen molar-refractivity contribution in [3.8, 4) is 22.3 Å². The summed E-state index contributed by atoms with van der Waals surface area (Å²) in [4.78, 5) is 98.9. The van der Waals surface area contributed by atoms with Gasteiger partial charge in [-0.2, -0.15) is 0 Å². The molecule has 0 spiro atoms. The highest BCUT2D eigenvalue weighted by atomic mass is 79.9. The van der Waals surface area contributed by atoms with Crippen molar-refractivity contribution in [3.05, 3.63) is 229 Å².